The van der Waals surface area contributed by atoms with E-state index in [0.29, 0.717) is 0 Å². The van der Waals surface area contributed by atoms with E-state index in [-0.39, 0.29) is 0 Å². The summed E-state index contributed by atoms with van der Waals surface area (Å²) >= 11 is 0. The molecule has 0 amide bonds. The molecule has 1 aliphatic rings. The van der Waals surface area contributed by atoms with Gasteiger partial charge in [-0.3, -0.25) is 0 Å². The summed E-state index contributed by atoms with van der Waals surface area (Å²) in [4.78, 5) is 3.11. The van der Waals surface area contributed by atoms with E-state index in [4.69, 9.17) is 0 Å². The normalized spacial score (nSPS) is 21.9. The van der Waals surface area contributed by atoms with Crippen molar-refractivity contribution < 1.29 is 0 Å². The monoisotopic (exact) mass is 192 g/mol. The van der Waals surface area contributed by atoms with E-state index in [0.717, 1.165) is 5.92 Å². The second kappa shape index (κ2) is 3.98. The van der Waals surface area contributed by atoms with Gasteiger partial charge in [0.05, 0.1) is 0 Å². The minimum absolute atomic E-state index is 0.771. The topological polar surface area (TPSA) is 0 Å². The van der Waals surface area contributed by atoms with Crippen LogP contribution < -0.4 is 0 Å². The lowest BCUT2D eigenvalue weighted by atomic mass is 10.1. The van der Waals surface area contributed by atoms with Crippen LogP contribution in [0.15, 0.2) is 9.81 Å². The minimum Gasteiger partial charge on any atom is -0.0648 e. The molecule has 1 atom stereocenters. The fourth-order valence-electron chi connectivity index (χ4n) is 0.819. The number of allylic oxidation sites excluding steroid dienone is 2. The zero-order valence-corrected chi connectivity index (χ0v) is 8.96. The summed E-state index contributed by atoms with van der Waals surface area (Å²) in [5.74, 6) is 0.771. The number of hydrogen-bond acceptors (Lipinski definition) is 3. The molecule has 58 valence electrons. The van der Waals surface area contributed by atoms with Gasteiger partial charge in [-0.25, -0.2) is 0 Å². The van der Waals surface area contributed by atoms with Crippen molar-refractivity contribution in [3.05, 3.63) is 9.81 Å². The van der Waals surface area contributed by atoms with Crippen LogP contribution in [0.2, 0.25) is 0 Å². The highest BCUT2D eigenvalue weighted by molar-refractivity contribution is 9.12. The fraction of sp³-hybridized carbons (Fsp3) is 0.714. The van der Waals surface area contributed by atoms with E-state index in [1.807, 2.05) is 31.4 Å². The zero-order chi connectivity index (χ0) is 7.56. The molecule has 0 aromatic carbocycles. The van der Waals surface area contributed by atoms with Crippen LogP contribution in [-0.2, 0) is 0 Å². The van der Waals surface area contributed by atoms with Gasteiger partial charge in [0.15, 0.2) is 0 Å². The van der Waals surface area contributed by atoms with Crippen molar-refractivity contribution in [1.82, 2.24) is 0 Å². The summed E-state index contributed by atoms with van der Waals surface area (Å²) < 4.78 is 0. The molecular weight excluding hydrogens is 180 g/mol. The van der Waals surface area contributed by atoms with Gasteiger partial charge in [0.1, 0.15) is 0 Å². The molecule has 0 spiro atoms. The third-order valence-corrected chi connectivity index (χ3v) is 6.23. The summed E-state index contributed by atoms with van der Waals surface area (Å²) in [5.41, 5.74) is 0. The minimum atomic E-state index is 0.771. The van der Waals surface area contributed by atoms with E-state index < -0.39 is 0 Å². The highest BCUT2D eigenvalue weighted by atomic mass is 33.5. The Hall–Kier alpha value is 0.790. The number of hydrogen-bond donors (Lipinski definition) is 0. The van der Waals surface area contributed by atoms with Gasteiger partial charge in [-0.05, 0) is 50.7 Å². The Balaban J connectivity index is 2.61. The lowest BCUT2D eigenvalue weighted by Gasteiger charge is -2.07. The molecule has 1 heterocycles. The zero-order valence-electron chi connectivity index (χ0n) is 6.51. The average molecular weight is 192 g/mol. The van der Waals surface area contributed by atoms with Crippen molar-refractivity contribution >= 4 is 31.4 Å². The Labute approximate surface area is 74.4 Å². The molecule has 0 fully saturated rings. The lowest BCUT2D eigenvalue weighted by Crippen LogP contribution is -1.92. The Morgan fingerprint density at radius 3 is 2.50 bits per heavy atom. The average Bonchev–Trinajstić information content (AvgIpc) is 2.34. The van der Waals surface area contributed by atoms with E-state index in [1.165, 1.54) is 11.3 Å². The smallest absolute Gasteiger partial charge is 0.00956 e. The molecule has 1 rings (SSSR count). The second-order valence-electron chi connectivity index (χ2n) is 2.46. The van der Waals surface area contributed by atoms with Crippen LogP contribution in [0.4, 0.5) is 0 Å². The predicted molar refractivity (Wildman–Crippen MR) is 54.9 cm³/mol. The Morgan fingerprint density at radius 1 is 1.40 bits per heavy atom. The van der Waals surface area contributed by atoms with Crippen molar-refractivity contribution in [1.29, 1.82) is 0 Å². The Bertz CT molecular complexity index is 151. The SMILES string of the molecule is CCC(C)C1=C(C)SSS1. The maximum Gasteiger partial charge on any atom is 0.00956 e. The van der Waals surface area contributed by atoms with E-state index >= 15 is 0 Å². The molecule has 10 heavy (non-hydrogen) atoms. The van der Waals surface area contributed by atoms with Gasteiger partial charge in [-0.1, -0.05) is 13.8 Å². The molecule has 0 aromatic rings. The quantitative estimate of drug-likeness (QED) is 0.598. The molecule has 0 nitrogen and oxygen atoms in total. The van der Waals surface area contributed by atoms with Crippen molar-refractivity contribution in [3.8, 4) is 0 Å². The first-order valence-electron chi connectivity index (χ1n) is 3.47. The van der Waals surface area contributed by atoms with Crippen LogP contribution in [-0.4, -0.2) is 0 Å². The van der Waals surface area contributed by atoms with Gasteiger partial charge in [-0.15, -0.1) is 0 Å². The standard InChI is InChI=1S/C7H12S3/c1-4-5(2)7-6(3)8-10-9-7/h5H,4H2,1-3H3. The third kappa shape index (κ3) is 1.89. The predicted octanol–water partition coefficient (Wildman–Crippen LogP) is 4.31. The van der Waals surface area contributed by atoms with Crippen LogP contribution in [0.5, 0.6) is 0 Å². The van der Waals surface area contributed by atoms with E-state index in [1.54, 1.807) is 4.91 Å². The van der Waals surface area contributed by atoms with Crippen molar-refractivity contribution in [2.75, 3.05) is 0 Å². The highest BCUT2D eigenvalue weighted by Crippen LogP contribution is 2.56. The van der Waals surface area contributed by atoms with Crippen LogP contribution in [0.1, 0.15) is 27.2 Å². The van der Waals surface area contributed by atoms with Crippen molar-refractivity contribution in [2.24, 2.45) is 5.92 Å². The van der Waals surface area contributed by atoms with Crippen LogP contribution >= 0.6 is 31.4 Å². The van der Waals surface area contributed by atoms with Gasteiger partial charge in [-0.2, -0.15) is 0 Å². The molecule has 3 heteroatoms. The molecule has 1 unspecified atom stereocenters. The molecule has 1 aliphatic heterocycles. The molecule has 0 saturated carbocycles. The first kappa shape index (κ1) is 8.88. The molecule has 0 radical (unpaired) electrons. The molecule has 0 aliphatic carbocycles. The van der Waals surface area contributed by atoms with Crippen LogP contribution in [0.3, 0.4) is 0 Å². The van der Waals surface area contributed by atoms with Gasteiger partial charge < -0.3 is 0 Å². The van der Waals surface area contributed by atoms with Gasteiger partial charge in [0.2, 0.25) is 0 Å². The summed E-state index contributed by atoms with van der Waals surface area (Å²) in [6.07, 6.45) is 1.26. The summed E-state index contributed by atoms with van der Waals surface area (Å²) in [5, 5.41) is 0. The first-order chi connectivity index (χ1) is 4.75. The van der Waals surface area contributed by atoms with Gasteiger partial charge in [0.25, 0.3) is 0 Å². The molecular formula is C7H12S3. The lowest BCUT2D eigenvalue weighted by molar-refractivity contribution is 0.686. The Morgan fingerprint density at radius 2 is 2.10 bits per heavy atom. The van der Waals surface area contributed by atoms with Gasteiger partial charge >= 0.3 is 0 Å². The fourth-order valence-corrected chi connectivity index (χ4v) is 5.98. The molecule has 0 N–H and O–H groups in total. The van der Waals surface area contributed by atoms with Crippen LogP contribution in [0, 0.1) is 5.92 Å². The molecule has 0 aromatic heterocycles. The third-order valence-electron chi connectivity index (χ3n) is 1.69. The van der Waals surface area contributed by atoms with Crippen LogP contribution in [0.25, 0.3) is 0 Å². The van der Waals surface area contributed by atoms with Gasteiger partial charge in [0, 0.05) is 9.81 Å². The molecule has 0 bridgehead atoms. The summed E-state index contributed by atoms with van der Waals surface area (Å²) in [6.45, 7) is 6.77. The van der Waals surface area contributed by atoms with Crippen molar-refractivity contribution in [3.63, 3.8) is 0 Å². The summed E-state index contributed by atoms with van der Waals surface area (Å²) in [6, 6.07) is 0. The highest BCUT2D eigenvalue weighted by Gasteiger charge is 2.17. The van der Waals surface area contributed by atoms with E-state index in [9.17, 15) is 0 Å². The second-order valence-corrected chi connectivity index (χ2v) is 6.62. The molecule has 0 saturated heterocycles. The summed E-state index contributed by atoms with van der Waals surface area (Å²) in [7, 11) is 5.74. The first-order valence-corrected chi connectivity index (χ1v) is 6.96. The number of rotatable bonds is 2. The maximum absolute atomic E-state index is 2.30. The maximum atomic E-state index is 2.30. The van der Waals surface area contributed by atoms with E-state index in [2.05, 4.69) is 20.8 Å². The van der Waals surface area contributed by atoms with Crippen molar-refractivity contribution in [2.45, 2.75) is 27.2 Å². The Kier molecular flexibility index (Phi) is 3.53. The largest absolute Gasteiger partial charge is 0.0648 e.